The highest BCUT2D eigenvalue weighted by molar-refractivity contribution is 9.10. The number of benzene rings is 2. The van der Waals surface area contributed by atoms with E-state index in [2.05, 4.69) is 25.9 Å². The van der Waals surface area contributed by atoms with E-state index in [9.17, 15) is 14.7 Å². The molecule has 1 unspecified atom stereocenters. The summed E-state index contributed by atoms with van der Waals surface area (Å²) in [4.78, 5) is 35.3. The Kier molecular flexibility index (Phi) is 5.34. The lowest BCUT2D eigenvalue weighted by Crippen LogP contribution is -2.29. The number of Topliss-reactive ketones (excluding diaryl/α,β-unsaturated/α-hetero) is 1. The minimum Gasteiger partial charge on any atom is -0.507 e. The number of amides is 1. The number of pyridine rings is 1. The number of hydrogen-bond acceptors (Lipinski definition) is 4. The van der Waals surface area contributed by atoms with Crippen LogP contribution in [-0.2, 0) is 16.1 Å². The van der Waals surface area contributed by atoms with E-state index < -0.39 is 17.7 Å². The fourth-order valence-electron chi connectivity index (χ4n) is 4.32. The molecule has 2 aromatic heterocycles. The molecule has 0 bridgehead atoms. The van der Waals surface area contributed by atoms with Gasteiger partial charge in [0.25, 0.3) is 11.7 Å². The Hall–Kier alpha value is -3.71. The zero-order valence-electron chi connectivity index (χ0n) is 17.7. The molecule has 1 fully saturated rings. The molecule has 1 atom stereocenters. The minimum absolute atomic E-state index is 0.0790. The lowest BCUT2D eigenvalue weighted by Gasteiger charge is -2.25. The molecule has 6 nitrogen and oxygen atoms in total. The van der Waals surface area contributed by atoms with Gasteiger partial charge in [0.1, 0.15) is 5.76 Å². The van der Waals surface area contributed by atoms with Gasteiger partial charge in [0.15, 0.2) is 0 Å². The number of ketones is 1. The van der Waals surface area contributed by atoms with Gasteiger partial charge in [-0.25, -0.2) is 0 Å². The summed E-state index contributed by atoms with van der Waals surface area (Å²) in [6.07, 6.45) is 5.13. The molecule has 164 valence electrons. The predicted octanol–water partition coefficient (Wildman–Crippen LogP) is 5.26. The molecule has 1 aliphatic rings. The largest absolute Gasteiger partial charge is 0.507 e. The first-order valence-corrected chi connectivity index (χ1v) is 11.2. The van der Waals surface area contributed by atoms with Crippen LogP contribution in [0.3, 0.4) is 0 Å². The maximum Gasteiger partial charge on any atom is 0.295 e. The van der Waals surface area contributed by atoms with E-state index in [1.165, 1.54) is 4.90 Å². The number of aromatic amines is 1. The molecule has 0 radical (unpaired) electrons. The maximum absolute atomic E-state index is 13.3. The number of carbonyl (C=O) groups is 2. The Morgan fingerprint density at radius 2 is 1.97 bits per heavy atom. The number of carbonyl (C=O) groups excluding carboxylic acids is 2. The Morgan fingerprint density at radius 3 is 2.73 bits per heavy atom. The van der Waals surface area contributed by atoms with E-state index in [4.69, 9.17) is 0 Å². The van der Waals surface area contributed by atoms with Crippen molar-refractivity contribution in [2.45, 2.75) is 19.5 Å². The molecule has 0 aliphatic carbocycles. The number of halogens is 1. The van der Waals surface area contributed by atoms with Gasteiger partial charge < -0.3 is 15.0 Å². The number of nitrogens with one attached hydrogen (secondary N) is 1. The molecule has 2 N–H and O–H groups in total. The van der Waals surface area contributed by atoms with Gasteiger partial charge >= 0.3 is 0 Å². The number of H-pyrrole nitrogens is 1. The van der Waals surface area contributed by atoms with Crippen molar-refractivity contribution in [3.05, 3.63) is 105 Å². The molecule has 0 saturated carbocycles. The quantitative estimate of drug-likeness (QED) is 0.227. The molecule has 4 aromatic rings. The lowest BCUT2D eigenvalue weighted by atomic mass is 9.94. The fourth-order valence-corrected chi connectivity index (χ4v) is 4.57. The summed E-state index contributed by atoms with van der Waals surface area (Å²) in [7, 11) is 0. The molecule has 33 heavy (non-hydrogen) atoms. The molecule has 0 spiro atoms. The minimum atomic E-state index is -0.745. The maximum atomic E-state index is 13.3. The fraction of sp³-hybridized carbons (Fsp3) is 0.115. The van der Waals surface area contributed by atoms with Crippen molar-refractivity contribution in [1.29, 1.82) is 0 Å². The summed E-state index contributed by atoms with van der Waals surface area (Å²) in [6.45, 7) is 2.09. The van der Waals surface area contributed by atoms with Gasteiger partial charge in [0.2, 0.25) is 0 Å². The second-order valence-electron chi connectivity index (χ2n) is 8.04. The second-order valence-corrected chi connectivity index (χ2v) is 8.90. The SMILES string of the molecule is Cc1cc(/C(O)=C2\C(=O)C(=O)N(Cc3cccnc3)C2c2c[nH]c3ccccc23)ccc1Br. The van der Waals surface area contributed by atoms with Crippen LogP contribution < -0.4 is 0 Å². The number of fused-ring (bicyclic) bond motifs is 1. The summed E-state index contributed by atoms with van der Waals surface area (Å²) in [5.74, 6) is -1.54. The van der Waals surface area contributed by atoms with E-state index in [0.717, 1.165) is 32.1 Å². The molecule has 1 saturated heterocycles. The average molecular weight is 502 g/mol. The van der Waals surface area contributed by atoms with Gasteiger partial charge in [-0.3, -0.25) is 14.6 Å². The third-order valence-corrected chi connectivity index (χ3v) is 6.85. The highest BCUT2D eigenvalue weighted by Gasteiger charge is 2.46. The monoisotopic (exact) mass is 501 g/mol. The summed E-state index contributed by atoms with van der Waals surface area (Å²) in [5.41, 5.74) is 3.91. The van der Waals surface area contributed by atoms with Crippen molar-refractivity contribution in [2.24, 2.45) is 0 Å². The molecule has 1 aliphatic heterocycles. The van der Waals surface area contributed by atoms with Crippen molar-refractivity contribution >= 4 is 44.3 Å². The molecular formula is C26H20BrN3O3. The van der Waals surface area contributed by atoms with Crippen molar-refractivity contribution in [1.82, 2.24) is 14.9 Å². The number of aliphatic hydroxyl groups excluding tert-OH is 1. The summed E-state index contributed by atoms with van der Waals surface area (Å²) >= 11 is 3.46. The lowest BCUT2D eigenvalue weighted by molar-refractivity contribution is -0.140. The number of rotatable bonds is 4. The van der Waals surface area contributed by atoms with Gasteiger partial charge in [-0.1, -0.05) is 46.3 Å². The van der Waals surface area contributed by atoms with Crippen LogP contribution in [0, 0.1) is 6.92 Å². The van der Waals surface area contributed by atoms with Crippen LogP contribution >= 0.6 is 15.9 Å². The van der Waals surface area contributed by atoms with Crippen molar-refractivity contribution in [2.75, 3.05) is 0 Å². The zero-order valence-corrected chi connectivity index (χ0v) is 19.3. The van der Waals surface area contributed by atoms with Crippen LogP contribution in [0.5, 0.6) is 0 Å². The van der Waals surface area contributed by atoms with E-state index in [1.54, 1.807) is 36.8 Å². The van der Waals surface area contributed by atoms with Crippen molar-refractivity contribution < 1.29 is 14.7 Å². The van der Waals surface area contributed by atoms with E-state index in [0.29, 0.717) is 5.56 Å². The Balaban J connectivity index is 1.72. The predicted molar refractivity (Wildman–Crippen MR) is 129 cm³/mol. The standard InChI is InChI=1S/C26H20BrN3O3/c1-15-11-17(8-9-20(15)27)24(31)22-23(19-13-29-21-7-3-2-6-18(19)21)30(26(33)25(22)32)14-16-5-4-10-28-12-16/h2-13,23,29,31H,14H2,1H3/b24-22+. The van der Waals surface area contributed by atoms with E-state index in [-0.39, 0.29) is 17.9 Å². The van der Waals surface area contributed by atoms with Gasteiger partial charge in [-0.15, -0.1) is 0 Å². The van der Waals surface area contributed by atoms with Crippen LogP contribution in [0.25, 0.3) is 16.7 Å². The number of likely N-dealkylation sites (tertiary alicyclic amines) is 1. The summed E-state index contributed by atoms with van der Waals surface area (Å²) < 4.78 is 0.893. The number of aromatic nitrogens is 2. The molecular weight excluding hydrogens is 482 g/mol. The van der Waals surface area contributed by atoms with E-state index >= 15 is 0 Å². The number of para-hydroxylation sites is 1. The number of hydrogen-bond donors (Lipinski definition) is 2. The number of aryl methyl sites for hydroxylation is 1. The van der Waals surface area contributed by atoms with Crippen LogP contribution in [0.15, 0.2) is 83.2 Å². The van der Waals surface area contributed by atoms with E-state index in [1.807, 2.05) is 43.3 Å². The van der Waals surface area contributed by atoms with Gasteiger partial charge in [0.05, 0.1) is 11.6 Å². The normalized spacial score (nSPS) is 17.8. The van der Waals surface area contributed by atoms with Crippen molar-refractivity contribution in [3.8, 4) is 0 Å². The summed E-state index contributed by atoms with van der Waals surface area (Å²) in [5, 5.41) is 12.2. The first-order chi connectivity index (χ1) is 16.0. The first-order valence-electron chi connectivity index (χ1n) is 10.5. The number of nitrogens with zero attached hydrogens (tertiary/aromatic N) is 2. The molecule has 3 heterocycles. The highest BCUT2D eigenvalue weighted by Crippen LogP contribution is 2.42. The van der Waals surface area contributed by atoms with Crippen LogP contribution in [0.2, 0.25) is 0 Å². The first kappa shape index (κ1) is 21.2. The van der Waals surface area contributed by atoms with Gasteiger partial charge in [0, 0.05) is 51.6 Å². The average Bonchev–Trinajstić information content (AvgIpc) is 3.35. The Labute approximate surface area is 198 Å². The van der Waals surface area contributed by atoms with Crippen molar-refractivity contribution in [3.63, 3.8) is 0 Å². The van der Waals surface area contributed by atoms with Gasteiger partial charge in [-0.2, -0.15) is 0 Å². The molecule has 7 heteroatoms. The highest BCUT2D eigenvalue weighted by atomic mass is 79.9. The third kappa shape index (κ3) is 3.64. The second kappa shape index (κ2) is 8.33. The Bertz CT molecular complexity index is 1430. The Morgan fingerprint density at radius 1 is 1.15 bits per heavy atom. The van der Waals surface area contributed by atoms with Crippen LogP contribution in [0.4, 0.5) is 0 Å². The molecule has 5 rings (SSSR count). The zero-order chi connectivity index (χ0) is 23.1. The smallest absolute Gasteiger partial charge is 0.295 e. The molecule has 1 amide bonds. The summed E-state index contributed by atoms with van der Waals surface area (Å²) in [6, 6.07) is 15.9. The third-order valence-electron chi connectivity index (χ3n) is 5.96. The number of aliphatic hydroxyl groups is 1. The topological polar surface area (TPSA) is 86.3 Å². The van der Waals surface area contributed by atoms with Crippen LogP contribution in [0.1, 0.15) is 28.3 Å². The van der Waals surface area contributed by atoms with Crippen LogP contribution in [-0.4, -0.2) is 31.7 Å². The van der Waals surface area contributed by atoms with Gasteiger partial charge in [-0.05, 0) is 42.3 Å². The molecule has 2 aromatic carbocycles.